The Bertz CT molecular complexity index is 1120. The van der Waals surface area contributed by atoms with Gasteiger partial charge in [0.15, 0.2) is 0 Å². The van der Waals surface area contributed by atoms with E-state index in [9.17, 15) is 19.4 Å². The summed E-state index contributed by atoms with van der Waals surface area (Å²) in [5.74, 6) is -0.193. The Balaban J connectivity index is 3.82. The molecule has 68 heavy (non-hydrogen) atoms. The Morgan fingerprint density at radius 3 is 1.10 bits per heavy atom. The number of amides is 1. The van der Waals surface area contributed by atoms with Crippen LogP contribution in [0.3, 0.4) is 0 Å². The molecule has 0 aliphatic rings. The third kappa shape index (κ3) is 53.0. The summed E-state index contributed by atoms with van der Waals surface area (Å²) in [6.45, 7) is 4.66. The molecular formula is C59H119N2O6P. The molecule has 0 aliphatic carbocycles. The van der Waals surface area contributed by atoms with Crippen LogP contribution in [-0.4, -0.2) is 68.5 Å². The monoisotopic (exact) mass is 983 g/mol. The molecule has 8 nitrogen and oxygen atoms in total. The first-order valence-corrected chi connectivity index (χ1v) is 31.5. The Kier molecular flexibility index (Phi) is 50.6. The van der Waals surface area contributed by atoms with Crippen molar-refractivity contribution in [3.05, 3.63) is 12.2 Å². The SMILES string of the molecule is CCCCCCCCCC/C=C/C(O)C(COP(=O)([O-])OCC[N+](C)(C)C)NC(=O)CCCCCCCCCCCCCCCCCCCCCCCCCCCCCCCCCCCCCC. The van der Waals surface area contributed by atoms with Crippen molar-refractivity contribution in [2.45, 2.75) is 321 Å². The first-order chi connectivity index (χ1) is 33.0. The van der Waals surface area contributed by atoms with Gasteiger partial charge in [-0.05, 0) is 19.3 Å². The molecule has 0 rings (SSSR count). The van der Waals surface area contributed by atoms with Gasteiger partial charge in [0, 0.05) is 6.42 Å². The van der Waals surface area contributed by atoms with Crippen LogP contribution in [0.15, 0.2) is 12.2 Å². The molecule has 3 atom stereocenters. The number of aliphatic hydroxyl groups is 1. The van der Waals surface area contributed by atoms with E-state index in [2.05, 4.69) is 19.2 Å². The van der Waals surface area contributed by atoms with E-state index < -0.39 is 20.0 Å². The van der Waals surface area contributed by atoms with Crippen molar-refractivity contribution in [1.82, 2.24) is 5.32 Å². The molecule has 0 aromatic carbocycles. The Labute approximate surface area is 424 Å². The van der Waals surface area contributed by atoms with Gasteiger partial charge in [-0.1, -0.05) is 296 Å². The van der Waals surface area contributed by atoms with Crippen molar-refractivity contribution in [3.63, 3.8) is 0 Å². The summed E-state index contributed by atoms with van der Waals surface area (Å²) in [6.07, 6.45) is 63.4. The van der Waals surface area contributed by atoms with Gasteiger partial charge in [-0.25, -0.2) is 0 Å². The quantitative estimate of drug-likeness (QED) is 0.0272. The summed E-state index contributed by atoms with van der Waals surface area (Å²) in [7, 11) is 1.27. The summed E-state index contributed by atoms with van der Waals surface area (Å²) >= 11 is 0. The number of aliphatic hydroxyl groups excluding tert-OH is 1. The number of nitrogens with zero attached hydrogens (tertiary/aromatic N) is 1. The van der Waals surface area contributed by atoms with Crippen LogP contribution in [0.2, 0.25) is 0 Å². The lowest BCUT2D eigenvalue weighted by molar-refractivity contribution is -0.870. The molecule has 0 fully saturated rings. The lowest BCUT2D eigenvalue weighted by Gasteiger charge is -2.29. The van der Waals surface area contributed by atoms with Crippen LogP contribution in [0, 0.1) is 0 Å². The van der Waals surface area contributed by atoms with Gasteiger partial charge in [-0.3, -0.25) is 9.36 Å². The Hall–Kier alpha value is -0.760. The van der Waals surface area contributed by atoms with Gasteiger partial charge in [-0.15, -0.1) is 0 Å². The van der Waals surface area contributed by atoms with Crippen LogP contribution in [0.5, 0.6) is 0 Å². The van der Waals surface area contributed by atoms with Crippen LogP contribution in [0.25, 0.3) is 0 Å². The number of carbonyl (C=O) groups excluding carboxylic acids is 1. The third-order valence-corrected chi connectivity index (χ3v) is 15.0. The van der Waals surface area contributed by atoms with Crippen molar-refractivity contribution < 1.29 is 32.9 Å². The number of rotatable bonds is 56. The van der Waals surface area contributed by atoms with Crippen molar-refractivity contribution >= 4 is 13.7 Å². The summed E-state index contributed by atoms with van der Waals surface area (Å²) < 4.78 is 23.2. The molecule has 0 saturated heterocycles. The van der Waals surface area contributed by atoms with E-state index in [1.165, 1.54) is 250 Å². The smallest absolute Gasteiger partial charge is 0.268 e. The van der Waals surface area contributed by atoms with E-state index in [1.54, 1.807) is 6.08 Å². The second kappa shape index (κ2) is 51.2. The van der Waals surface area contributed by atoms with Crippen LogP contribution in [0.4, 0.5) is 0 Å². The topological polar surface area (TPSA) is 108 Å². The molecule has 0 saturated carbocycles. The van der Waals surface area contributed by atoms with E-state index >= 15 is 0 Å². The second-order valence-electron chi connectivity index (χ2n) is 22.1. The second-order valence-corrected chi connectivity index (χ2v) is 23.5. The average Bonchev–Trinajstić information content (AvgIpc) is 3.30. The van der Waals surface area contributed by atoms with Gasteiger partial charge in [0.25, 0.3) is 7.82 Å². The summed E-state index contributed by atoms with van der Waals surface area (Å²) in [5, 5.41) is 13.8. The van der Waals surface area contributed by atoms with Gasteiger partial charge < -0.3 is 28.8 Å². The number of unbranched alkanes of at least 4 members (excludes halogenated alkanes) is 43. The highest BCUT2D eigenvalue weighted by Gasteiger charge is 2.23. The molecular weight excluding hydrogens is 864 g/mol. The predicted molar refractivity (Wildman–Crippen MR) is 293 cm³/mol. The lowest BCUT2D eigenvalue weighted by Crippen LogP contribution is -2.45. The Morgan fingerprint density at radius 2 is 0.794 bits per heavy atom. The van der Waals surface area contributed by atoms with E-state index in [0.717, 1.165) is 38.5 Å². The average molecular weight is 984 g/mol. The number of nitrogens with one attached hydrogen (secondary N) is 1. The first kappa shape index (κ1) is 67.2. The van der Waals surface area contributed by atoms with Crippen LogP contribution in [-0.2, 0) is 18.4 Å². The Morgan fingerprint density at radius 1 is 0.500 bits per heavy atom. The van der Waals surface area contributed by atoms with Gasteiger partial charge in [-0.2, -0.15) is 0 Å². The maximum Gasteiger partial charge on any atom is 0.268 e. The van der Waals surface area contributed by atoms with E-state index in [1.807, 2.05) is 27.2 Å². The normalized spacial score (nSPS) is 13.9. The zero-order valence-electron chi connectivity index (χ0n) is 46.3. The van der Waals surface area contributed by atoms with Crippen LogP contribution in [0.1, 0.15) is 309 Å². The molecule has 0 bridgehead atoms. The van der Waals surface area contributed by atoms with Gasteiger partial charge >= 0.3 is 0 Å². The summed E-state index contributed by atoms with van der Waals surface area (Å²) in [4.78, 5) is 25.4. The number of quaternary nitrogens is 1. The number of likely N-dealkylation sites (N-methyl/N-ethyl adjacent to an activating group) is 1. The highest BCUT2D eigenvalue weighted by atomic mass is 31.2. The number of allylic oxidation sites excluding steroid dienone is 1. The van der Waals surface area contributed by atoms with Crippen molar-refractivity contribution in [3.8, 4) is 0 Å². The lowest BCUT2D eigenvalue weighted by atomic mass is 10.0. The largest absolute Gasteiger partial charge is 0.756 e. The van der Waals surface area contributed by atoms with E-state index in [-0.39, 0.29) is 19.1 Å². The fourth-order valence-electron chi connectivity index (χ4n) is 9.27. The molecule has 2 N–H and O–H groups in total. The highest BCUT2D eigenvalue weighted by molar-refractivity contribution is 7.45. The van der Waals surface area contributed by atoms with Crippen LogP contribution < -0.4 is 10.2 Å². The molecule has 3 unspecified atom stereocenters. The molecule has 9 heteroatoms. The van der Waals surface area contributed by atoms with Gasteiger partial charge in [0.05, 0.1) is 39.9 Å². The minimum absolute atomic E-state index is 0.00211. The number of phosphoric ester groups is 1. The predicted octanol–water partition coefficient (Wildman–Crippen LogP) is 17.6. The van der Waals surface area contributed by atoms with Crippen molar-refractivity contribution in [2.75, 3.05) is 40.9 Å². The number of hydrogen-bond donors (Lipinski definition) is 2. The zero-order valence-corrected chi connectivity index (χ0v) is 47.2. The molecule has 0 heterocycles. The molecule has 0 aromatic rings. The molecule has 0 radical (unpaired) electrons. The standard InChI is InChI=1S/C59H119N2O6P/c1-6-8-10-12-14-16-18-19-20-21-22-23-24-25-26-27-28-29-30-31-32-33-34-35-36-37-38-39-40-41-42-43-45-47-49-51-53-59(63)60-57(56-67-68(64,65)66-55-54-61(3,4)5)58(62)52-50-48-46-44-17-15-13-11-9-7-2/h50,52,57-58,62H,6-49,51,53-56H2,1-5H3,(H-,60,63,64,65)/b52-50+. The molecule has 0 aromatic heterocycles. The zero-order chi connectivity index (χ0) is 49.9. The molecule has 1 amide bonds. The van der Waals surface area contributed by atoms with Gasteiger partial charge in [0.1, 0.15) is 13.2 Å². The minimum Gasteiger partial charge on any atom is -0.756 e. The number of hydrogen-bond acceptors (Lipinski definition) is 6. The summed E-state index contributed by atoms with van der Waals surface area (Å²) in [6, 6.07) is -0.880. The third-order valence-electron chi connectivity index (χ3n) is 14.0. The van der Waals surface area contributed by atoms with E-state index in [0.29, 0.717) is 17.4 Å². The maximum atomic E-state index is 12.9. The van der Waals surface area contributed by atoms with Gasteiger partial charge in [0.2, 0.25) is 5.91 Å². The molecule has 0 spiro atoms. The van der Waals surface area contributed by atoms with Crippen molar-refractivity contribution in [2.24, 2.45) is 0 Å². The number of carbonyl (C=O) groups is 1. The fourth-order valence-corrected chi connectivity index (χ4v) is 10.00. The first-order valence-electron chi connectivity index (χ1n) is 30.1. The highest BCUT2D eigenvalue weighted by Crippen LogP contribution is 2.38. The van der Waals surface area contributed by atoms with Crippen molar-refractivity contribution in [1.29, 1.82) is 0 Å². The molecule has 406 valence electrons. The minimum atomic E-state index is -4.58. The fraction of sp³-hybridized carbons (Fsp3) is 0.949. The van der Waals surface area contributed by atoms with E-state index in [4.69, 9.17) is 9.05 Å². The maximum absolute atomic E-state index is 12.9. The number of phosphoric acid groups is 1. The van der Waals surface area contributed by atoms with Crippen LogP contribution >= 0.6 is 7.82 Å². The molecule has 0 aliphatic heterocycles. The summed E-state index contributed by atoms with van der Waals surface area (Å²) in [5.41, 5.74) is 0.